The lowest BCUT2D eigenvalue weighted by Gasteiger charge is -2.08. The number of benzene rings is 1. The maximum Gasteiger partial charge on any atom is 0.213 e. The predicted molar refractivity (Wildman–Crippen MR) is 107 cm³/mol. The predicted octanol–water partition coefficient (Wildman–Crippen LogP) is 2.52. The standard InChI is InChI=1S/C20H22FN3O3S/c1-13-20(14-7-9-23-19(10-14)27-2)17-11-16(28(3,25)26)4-5-18(17)24(13)12-15(21)6-8-22/h4-7,9-11H,8,12,22H2,1-3H3/p+1/b15-6-. The van der Waals surface area contributed by atoms with Crippen LogP contribution in [0.3, 0.4) is 0 Å². The summed E-state index contributed by atoms with van der Waals surface area (Å²) in [6, 6.07) is 8.51. The van der Waals surface area contributed by atoms with E-state index in [2.05, 4.69) is 10.7 Å². The minimum Gasteiger partial charge on any atom is -0.481 e. The molecule has 0 amide bonds. The van der Waals surface area contributed by atoms with Crippen LogP contribution in [0.5, 0.6) is 5.88 Å². The fourth-order valence-corrected chi connectivity index (χ4v) is 3.96. The van der Waals surface area contributed by atoms with Gasteiger partial charge in [0.15, 0.2) is 9.84 Å². The summed E-state index contributed by atoms with van der Waals surface area (Å²) in [6.45, 7) is 2.30. The van der Waals surface area contributed by atoms with E-state index in [0.717, 1.165) is 27.7 Å². The van der Waals surface area contributed by atoms with Crippen molar-refractivity contribution < 1.29 is 23.3 Å². The molecule has 2 aromatic heterocycles. The van der Waals surface area contributed by atoms with Gasteiger partial charge in [-0.05, 0) is 36.8 Å². The number of hydrogen-bond donors (Lipinski definition) is 1. The van der Waals surface area contributed by atoms with Crippen molar-refractivity contribution in [2.45, 2.75) is 18.4 Å². The van der Waals surface area contributed by atoms with E-state index in [1.165, 1.54) is 19.4 Å². The molecule has 0 bridgehead atoms. The number of fused-ring (bicyclic) bond motifs is 1. The molecular weight excluding hydrogens is 381 g/mol. The van der Waals surface area contributed by atoms with Crippen LogP contribution in [0.15, 0.2) is 53.3 Å². The van der Waals surface area contributed by atoms with E-state index in [-0.39, 0.29) is 17.3 Å². The Hall–Kier alpha value is -2.71. The SMILES string of the molecule is COc1cc(-c2c(C)n(C/C(F)=C/C[NH3+])c3ccc(S(C)(=O)=O)cc23)ccn1. The monoisotopic (exact) mass is 404 g/mol. The summed E-state index contributed by atoms with van der Waals surface area (Å²) in [5.74, 6) is 0.154. The Morgan fingerprint density at radius 3 is 2.71 bits per heavy atom. The third-order valence-electron chi connectivity index (χ3n) is 4.63. The van der Waals surface area contributed by atoms with Gasteiger partial charge in [0.1, 0.15) is 5.83 Å². The highest BCUT2D eigenvalue weighted by Crippen LogP contribution is 2.37. The van der Waals surface area contributed by atoms with Gasteiger partial charge in [-0.1, -0.05) is 0 Å². The summed E-state index contributed by atoms with van der Waals surface area (Å²) in [6.07, 6.45) is 4.23. The van der Waals surface area contributed by atoms with Crippen LogP contribution in [0.1, 0.15) is 5.69 Å². The van der Waals surface area contributed by atoms with E-state index in [1.807, 2.05) is 17.6 Å². The Labute approximate surface area is 163 Å². The van der Waals surface area contributed by atoms with E-state index in [1.54, 1.807) is 30.5 Å². The fraction of sp³-hybridized carbons (Fsp3) is 0.250. The van der Waals surface area contributed by atoms with Crippen LogP contribution < -0.4 is 10.5 Å². The quantitative estimate of drug-likeness (QED) is 0.684. The summed E-state index contributed by atoms with van der Waals surface area (Å²) in [4.78, 5) is 4.34. The molecule has 0 saturated heterocycles. The minimum atomic E-state index is -3.38. The van der Waals surface area contributed by atoms with Crippen LogP contribution in [0.4, 0.5) is 4.39 Å². The van der Waals surface area contributed by atoms with Crippen LogP contribution in [0.25, 0.3) is 22.0 Å². The van der Waals surface area contributed by atoms with Gasteiger partial charge in [-0.2, -0.15) is 0 Å². The molecule has 3 N–H and O–H groups in total. The zero-order valence-electron chi connectivity index (χ0n) is 16.1. The molecule has 1 aromatic carbocycles. The van der Waals surface area contributed by atoms with Gasteiger partial charge in [0.2, 0.25) is 5.88 Å². The van der Waals surface area contributed by atoms with E-state index in [4.69, 9.17) is 4.74 Å². The molecule has 0 saturated carbocycles. The molecule has 0 radical (unpaired) electrons. The number of halogens is 1. The van der Waals surface area contributed by atoms with Crippen molar-refractivity contribution in [2.75, 3.05) is 19.9 Å². The van der Waals surface area contributed by atoms with E-state index in [0.29, 0.717) is 12.4 Å². The van der Waals surface area contributed by atoms with E-state index in [9.17, 15) is 12.8 Å². The zero-order valence-corrected chi connectivity index (χ0v) is 16.9. The van der Waals surface area contributed by atoms with Crippen molar-refractivity contribution in [3.63, 3.8) is 0 Å². The second-order valence-corrected chi connectivity index (χ2v) is 8.54. The van der Waals surface area contributed by atoms with Crippen molar-refractivity contribution in [3.05, 3.63) is 54.1 Å². The Kier molecular flexibility index (Phi) is 5.53. The summed E-state index contributed by atoms with van der Waals surface area (Å²) < 4.78 is 45.5. The molecule has 0 fully saturated rings. The van der Waals surface area contributed by atoms with Crippen molar-refractivity contribution in [1.82, 2.24) is 9.55 Å². The first-order valence-electron chi connectivity index (χ1n) is 8.73. The van der Waals surface area contributed by atoms with E-state index < -0.39 is 9.84 Å². The van der Waals surface area contributed by atoms with Gasteiger partial charge < -0.3 is 15.0 Å². The van der Waals surface area contributed by atoms with Crippen LogP contribution in [-0.4, -0.2) is 37.9 Å². The summed E-state index contributed by atoms with van der Waals surface area (Å²) in [7, 11) is -1.85. The van der Waals surface area contributed by atoms with Crippen molar-refractivity contribution in [2.24, 2.45) is 0 Å². The molecule has 0 aliphatic carbocycles. The smallest absolute Gasteiger partial charge is 0.213 e. The molecule has 0 aliphatic heterocycles. The third kappa shape index (κ3) is 3.79. The van der Waals surface area contributed by atoms with Crippen molar-refractivity contribution >= 4 is 20.7 Å². The third-order valence-corrected chi connectivity index (χ3v) is 5.74. The van der Waals surface area contributed by atoms with Crippen molar-refractivity contribution in [3.8, 4) is 17.0 Å². The normalized spacial score (nSPS) is 12.5. The fourth-order valence-electron chi connectivity index (χ4n) is 3.31. The van der Waals surface area contributed by atoms with Crippen molar-refractivity contribution in [1.29, 1.82) is 0 Å². The molecule has 8 heteroatoms. The molecular formula is C20H23FN3O3S+. The molecule has 3 aromatic rings. The molecule has 28 heavy (non-hydrogen) atoms. The summed E-state index contributed by atoms with van der Waals surface area (Å²) in [5.41, 5.74) is 6.87. The number of hydrogen-bond acceptors (Lipinski definition) is 4. The Morgan fingerprint density at radius 1 is 1.32 bits per heavy atom. The largest absolute Gasteiger partial charge is 0.481 e. The average molecular weight is 404 g/mol. The van der Waals surface area contributed by atoms with Gasteiger partial charge in [-0.3, -0.25) is 0 Å². The molecule has 0 unspecified atom stereocenters. The molecule has 148 valence electrons. The number of aromatic nitrogens is 2. The average Bonchev–Trinajstić information content (AvgIpc) is 2.92. The first-order chi connectivity index (χ1) is 13.3. The molecule has 0 aliphatic rings. The molecule has 3 rings (SSSR count). The van der Waals surface area contributed by atoms with Crippen LogP contribution in [-0.2, 0) is 16.4 Å². The number of allylic oxidation sites excluding steroid dienone is 1. The first-order valence-corrected chi connectivity index (χ1v) is 10.6. The number of quaternary nitrogens is 1. The number of ether oxygens (including phenoxy) is 1. The van der Waals surface area contributed by atoms with Gasteiger partial charge in [-0.15, -0.1) is 0 Å². The maximum absolute atomic E-state index is 14.3. The van der Waals surface area contributed by atoms with Crippen LogP contribution in [0, 0.1) is 6.92 Å². The molecule has 2 heterocycles. The molecule has 6 nitrogen and oxygen atoms in total. The Morgan fingerprint density at radius 2 is 2.07 bits per heavy atom. The Balaban J connectivity index is 2.33. The highest BCUT2D eigenvalue weighted by molar-refractivity contribution is 7.90. The molecule has 0 atom stereocenters. The summed E-state index contributed by atoms with van der Waals surface area (Å²) in [5, 5.41) is 0.733. The lowest BCUT2D eigenvalue weighted by Crippen LogP contribution is -2.49. The number of nitrogens with zero attached hydrogens (tertiary/aromatic N) is 2. The van der Waals surface area contributed by atoms with E-state index >= 15 is 0 Å². The maximum atomic E-state index is 14.3. The second-order valence-electron chi connectivity index (χ2n) is 6.52. The number of methoxy groups -OCH3 is 1. The van der Waals surface area contributed by atoms with Gasteiger partial charge in [0, 0.05) is 46.8 Å². The number of rotatable bonds is 6. The van der Waals surface area contributed by atoms with Crippen LogP contribution in [0.2, 0.25) is 0 Å². The topological polar surface area (TPSA) is 88.8 Å². The summed E-state index contributed by atoms with van der Waals surface area (Å²) >= 11 is 0. The number of pyridine rings is 1. The van der Waals surface area contributed by atoms with Gasteiger partial charge in [0.25, 0.3) is 0 Å². The van der Waals surface area contributed by atoms with Gasteiger partial charge >= 0.3 is 0 Å². The zero-order chi connectivity index (χ0) is 20.5. The van der Waals surface area contributed by atoms with Crippen LogP contribution >= 0.6 is 0 Å². The first kappa shape index (κ1) is 20.0. The van der Waals surface area contributed by atoms with Gasteiger partial charge in [0.05, 0.1) is 25.1 Å². The Bertz CT molecular complexity index is 1170. The second kappa shape index (κ2) is 7.73. The highest BCUT2D eigenvalue weighted by Gasteiger charge is 2.19. The number of sulfone groups is 1. The minimum absolute atomic E-state index is 0.0539. The lowest BCUT2D eigenvalue weighted by molar-refractivity contribution is -0.353. The highest BCUT2D eigenvalue weighted by atomic mass is 32.2. The molecule has 0 spiro atoms. The van der Waals surface area contributed by atoms with Gasteiger partial charge in [-0.25, -0.2) is 17.8 Å². The lowest BCUT2D eigenvalue weighted by atomic mass is 10.0.